The van der Waals surface area contributed by atoms with Gasteiger partial charge in [-0.1, -0.05) is 31.2 Å². The molecular weight excluding hydrogens is 224 g/mol. The smallest absolute Gasteiger partial charge is 0.0823 e. The van der Waals surface area contributed by atoms with Gasteiger partial charge in [-0.3, -0.25) is 4.90 Å². The predicted molar refractivity (Wildman–Crippen MR) is 76.6 cm³/mol. The minimum Gasteiger partial charge on any atom is -0.376 e. The van der Waals surface area contributed by atoms with Crippen LogP contribution in [0.5, 0.6) is 0 Å². The Morgan fingerprint density at radius 1 is 1.28 bits per heavy atom. The van der Waals surface area contributed by atoms with Crippen LogP contribution in [0, 0.1) is 6.92 Å². The van der Waals surface area contributed by atoms with Crippen molar-refractivity contribution in [2.75, 3.05) is 26.2 Å². The van der Waals surface area contributed by atoms with E-state index in [9.17, 15) is 0 Å². The Balaban J connectivity index is 2.59. The van der Waals surface area contributed by atoms with E-state index in [1.54, 1.807) is 0 Å². The predicted octanol–water partition coefficient (Wildman–Crippen LogP) is 2.18. The summed E-state index contributed by atoms with van der Waals surface area (Å²) in [5.74, 6) is 0. The van der Waals surface area contributed by atoms with E-state index in [1.165, 1.54) is 11.1 Å². The molecule has 1 rings (SSSR count). The standard InChI is InChI=1S/C15H26N2O/c1-4-17(12-15(10-16)18-5-2)11-14-9-7-6-8-13(14)3/h6-9,15H,4-5,10-12,16H2,1-3H3. The Morgan fingerprint density at radius 3 is 2.56 bits per heavy atom. The molecule has 0 amide bonds. The largest absolute Gasteiger partial charge is 0.376 e. The van der Waals surface area contributed by atoms with Gasteiger partial charge in [0.2, 0.25) is 0 Å². The highest BCUT2D eigenvalue weighted by molar-refractivity contribution is 5.25. The van der Waals surface area contributed by atoms with Crippen molar-refractivity contribution < 1.29 is 4.74 Å². The molecule has 0 saturated heterocycles. The van der Waals surface area contributed by atoms with Gasteiger partial charge in [0.05, 0.1) is 6.10 Å². The number of benzene rings is 1. The summed E-state index contributed by atoms with van der Waals surface area (Å²) in [5, 5.41) is 0. The molecule has 0 saturated carbocycles. The monoisotopic (exact) mass is 250 g/mol. The zero-order valence-electron chi connectivity index (χ0n) is 11.9. The Bertz CT molecular complexity index is 341. The summed E-state index contributed by atoms with van der Waals surface area (Å²) >= 11 is 0. The van der Waals surface area contributed by atoms with Gasteiger partial charge in [-0.05, 0) is 31.5 Å². The Kier molecular flexibility index (Phi) is 6.94. The lowest BCUT2D eigenvalue weighted by Gasteiger charge is -2.26. The summed E-state index contributed by atoms with van der Waals surface area (Å²) in [6.07, 6.45) is 0.138. The second-order valence-corrected chi connectivity index (χ2v) is 4.57. The van der Waals surface area contributed by atoms with E-state index in [0.29, 0.717) is 6.54 Å². The van der Waals surface area contributed by atoms with Gasteiger partial charge in [0.15, 0.2) is 0 Å². The van der Waals surface area contributed by atoms with E-state index in [4.69, 9.17) is 10.5 Å². The quantitative estimate of drug-likeness (QED) is 0.768. The topological polar surface area (TPSA) is 38.5 Å². The lowest BCUT2D eigenvalue weighted by atomic mass is 10.1. The zero-order valence-corrected chi connectivity index (χ0v) is 11.9. The van der Waals surface area contributed by atoms with Crippen molar-refractivity contribution in [3.8, 4) is 0 Å². The fraction of sp³-hybridized carbons (Fsp3) is 0.600. The minimum absolute atomic E-state index is 0.138. The maximum atomic E-state index is 5.73. The molecule has 0 aliphatic heterocycles. The van der Waals surface area contributed by atoms with Gasteiger partial charge in [0, 0.05) is 26.2 Å². The number of likely N-dealkylation sites (N-methyl/N-ethyl adjacent to an activating group) is 1. The van der Waals surface area contributed by atoms with Crippen molar-refractivity contribution >= 4 is 0 Å². The van der Waals surface area contributed by atoms with E-state index in [-0.39, 0.29) is 6.10 Å². The fourth-order valence-corrected chi connectivity index (χ4v) is 2.05. The SMILES string of the molecule is CCOC(CN)CN(CC)Cc1ccccc1C. The number of rotatable bonds is 8. The van der Waals surface area contributed by atoms with Crippen LogP contribution in [0.3, 0.4) is 0 Å². The number of nitrogens with two attached hydrogens (primary N) is 1. The molecule has 0 aliphatic carbocycles. The summed E-state index contributed by atoms with van der Waals surface area (Å²) in [4.78, 5) is 2.38. The maximum Gasteiger partial charge on any atom is 0.0823 e. The van der Waals surface area contributed by atoms with E-state index in [0.717, 1.165) is 26.2 Å². The molecule has 18 heavy (non-hydrogen) atoms. The number of aryl methyl sites for hydroxylation is 1. The number of hydrogen-bond donors (Lipinski definition) is 1. The lowest BCUT2D eigenvalue weighted by Crippen LogP contribution is -2.38. The van der Waals surface area contributed by atoms with Crippen molar-refractivity contribution in [3.05, 3.63) is 35.4 Å². The van der Waals surface area contributed by atoms with Gasteiger partial charge >= 0.3 is 0 Å². The van der Waals surface area contributed by atoms with Gasteiger partial charge in [0.1, 0.15) is 0 Å². The van der Waals surface area contributed by atoms with Crippen molar-refractivity contribution in [2.45, 2.75) is 33.4 Å². The summed E-state index contributed by atoms with van der Waals surface area (Å²) in [6, 6.07) is 8.53. The zero-order chi connectivity index (χ0) is 13.4. The third kappa shape index (κ3) is 4.77. The fourth-order valence-electron chi connectivity index (χ4n) is 2.05. The van der Waals surface area contributed by atoms with Gasteiger partial charge in [-0.15, -0.1) is 0 Å². The molecule has 3 nitrogen and oxygen atoms in total. The lowest BCUT2D eigenvalue weighted by molar-refractivity contribution is 0.0385. The molecule has 2 N–H and O–H groups in total. The van der Waals surface area contributed by atoms with Crippen molar-refractivity contribution in [1.29, 1.82) is 0 Å². The van der Waals surface area contributed by atoms with Crippen LogP contribution in [-0.2, 0) is 11.3 Å². The van der Waals surface area contributed by atoms with Crippen molar-refractivity contribution in [3.63, 3.8) is 0 Å². The minimum atomic E-state index is 0.138. The molecule has 0 aromatic heterocycles. The van der Waals surface area contributed by atoms with Crippen LogP contribution in [0.15, 0.2) is 24.3 Å². The molecule has 1 atom stereocenters. The van der Waals surface area contributed by atoms with E-state index >= 15 is 0 Å². The number of ether oxygens (including phenoxy) is 1. The van der Waals surface area contributed by atoms with Crippen LogP contribution in [0.2, 0.25) is 0 Å². The molecule has 0 aliphatic rings. The molecule has 1 unspecified atom stereocenters. The first kappa shape index (κ1) is 15.2. The Morgan fingerprint density at radius 2 is 2.00 bits per heavy atom. The normalized spacial score (nSPS) is 12.9. The highest BCUT2D eigenvalue weighted by Gasteiger charge is 2.12. The molecular formula is C15H26N2O. The second-order valence-electron chi connectivity index (χ2n) is 4.57. The highest BCUT2D eigenvalue weighted by atomic mass is 16.5. The van der Waals surface area contributed by atoms with E-state index in [2.05, 4.69) is 43.0 Å². The van der Waals surface area contributed by atoms with E-state index in [1.807, 2.05) is 6.92 Å². The van der Waals surface area contributed by atoms with Crippen LogP contribution >= 0.6 is 0 Å². The first-order valence-electron chi connectivity index (χ1n) is 6.79. The first-order valence-corrected chi connectivity index (χ1v) is 6.79. The Hall–Kier alpha value is -0.900. The third-order valence-electron chi connectivity index (χ3n) is 3.23. The molecule has 1 aromatic carbocycles. The maximum absolute atomic E-state index is 5.73. The summed E-state index contributed by atoms with van der Waals surface area (Å²) in [6.45, 7) is 10.5. The molecule has 0 fully saturated rings. The number of nitrogens with zero attached hydrogens (tertiary/aromatic N) is 1. The van der Waals surface area contributed by atoms with Crippen LogP contribution < -0.4 is 5.73 Å². The van der Waals surface area contributed by atoms with Gasteiger partial charge in [0.25, 0.3) is 0 Å². The van der Waals surface area contributed by atoms with Crippen LogP contribution in [0.4, 0.5) is 0 Å². The molecule has 0 radical (unpaired) electrons. The van der Waals surface area contributed by atoms with Gasteiger partial charge in [-0.2, -0.15) is 0 Å². The highest BCUT2D eigenvalue weighted by Crippen LogP contribution is 2.11. The molecule has 0 spiro atoms. The number of hydrogen-bond acceptors (Lipinski definition) is 3. The average Bonchev–Trinajstić information content (AvgIpc) is 2.39. The molecule has 0 bridgehead atoms. The van der Waals surface area contributed by atoms with E-state index < -0.39 is 0 Å². The van der Waals surface area contributed by atoms with Gasteiger partial charge in [-0.25, -0.2) is 0 Å². The summed E-state index contributed by atoms with van der Waals surface area (Å²) in [5.41, 5.74) is 8.46. The molecule has 1 aromatic rings. The average molecular weight is 250 g/mol. The van der Waals surface area contributed by atoms with Crippen LogP contribution in [-0.4, -0.2) is 37.2 Å². The third-order valence-corrected chi connectivity index (χ3v) is 3.23. The molecule has 3 heteroatoms. The van der Waals surface area contributed by atoms with Crippen molar-refractivity contribution in [1.82, 2.24) is 4.90 Å². The first-order chi connectivity index (χ1) is 8.71. The van der Waals surface area contributed by atoms with Gasteiger partial charge < -0.3 is 10.5 Å². The Labute approximate surface area is 111 Å². The second kappa shape index (κ2) is 8.25. The molecule has 102 valence electrons. The summed E-state index contributed by atoms with van der Waals surface area (Å²) < 4.78 is 5.62. The molecule has 0 heterocycles. The van der Waals surface area contributed by atoms with Crippen LogP contribution in [0.25, 0.3) is 0 Å². The summed E-state index contributed by atoms with van der Waals surface area (Å²) in [7, 11) is 0. The van der Waals surface area contributed by atoms with Crippen molar-refractivity contribution in [2.24, 2.45) is 5.73 Å². The van der Waals surface area contributed by atoms with Crippen LogP contribution in [0.1, 0.15) is 25.0 Å².